The molecule has 1 saturated heterocycles. The van der Waals surface area contributed by atoms with E-state index >= 15 is 0 Å². The van der Waals surface area contributed by atoms with Crippen LogP contribution in [0.5, 0.6) is 0 Å². The lowest BCUT2D eigenvalue weighted by Gasteiger charge is -2.34. The van der Waals surface area contributed by atoms with Crippen molar-refractivity contribution in [1.82, 2.24) is 10.2 Å². The highest BCUT2D eigenvalue weighted by atomic mass is 32.1. The first-order valence-corrected chi connectivity index (χ1v) is 9.61. The number of carbonyl (C=O) groups excluding carboxylic acids is 1. The van der Waals surface area contributed by atoms with Gasteiger partial charge in [-0.25, -0.2) is 0 Å². The lowest BCUT2D eigenvalue weighted by Crippen LogP contribution is -2.40. The fraction of sp³-hybridized carbons (Fsp3) is 0.421. The third-order valence-electron chi connectivity index (χ3n) is 4.69. The first-order chi connectivity index (χ1) is 12.5. The van der Waals surface area contributed by atoms with Gasteiger partial charge in [-0.3, -0.25) is 9.69 Å². The maximum atomic E-state index is 13.1. The van der Waals surface area contributed by atoms with Crippen molar-refractivity contribution in [2.24, 2.45) is 0 Å². The van der Waals surface area contributed by atoms with Gasteiger partial charge in [-0.2, -0.15) is 24.5 Å². The Balaban J connectivity index is 1.74. The average Bonchev–Trinajstić information content (AvgIpc) is 3.16. The van der Waals surface area contributed by atoms with E-state index in [4.69, 9.17) is 0 Å². The summed E-state index contributed by atoms with van der Waals surface area (Å²) in [4.78, 5) is 14.7. The molecule has 0 saturated carbocycles. The molecule has 1 unspecified atom stereocenters. The minimum atomic E-state index is -4.55. The van der Waals surface area contributed by atoms with E-state index in [0.717, 1.165) is 37.6 Å². The molecule has 3 nitrogen and oxygen atoms in total. The van der Waals surface area contributed by atoms with Crippen LogP contribution in [0, 0.1) is 0 Å². The second kappa shape index (κ2) is 8.22. The summed E-state index contributed by atoms with van der Waals surface area (Å²) in [5, 5.41) is 6.74. The number of benzene rings is 1. The van der Waals surface area contributed by atoms with Crippen LogP contribution in [-0.2, 0) is 6.18 Å². The van der Waals surface area contributed by atoms with Crippen LogP contribution in [0.2, 0.25) is 0 Å². The SMILES string of the molecule is O=C(NCC(c1ccsc1)N1CCCCC1)c1ccccc1C(F)(F)F. The maximum absolute atomic E-state index is 13.1. The number of nitrogens with zero attached hydrogens (tertiary/aromatic N) is 1. The van der Waals surface area contributed by atoms with Crippen LogP contribution in [0.15, 0.2) is 41.1 Å². The number of amides is 1. The van der Waals surface area contributed by atoms with Crippen LogP contribution >= 0.6 is 11.3 Å². The number of rotatable bonds is 5. The number of hydrogen-bond donors (Lipinski definition) is 1. The molecule has 0 radical (unpaired) electrons. The van der Waals surface area contributed by atoms with E-state index in [1.54, 1.807) is 11.3 Å². The van der Waals surface area contributed by atoms with Gasteiger partial charge in [0.25, 0.3) is 5.91 Å². The predicted octanol–water partition coefficient (Wildman–Crippen LogP) is 4.72. The second-order valence-electron chi connectivity index (χ2n) is 6.42. The Morgan fingerprint density at radius 2 is 1.88 bits per heavy atom. The first kappa shape index (κ1) is 18.9. The zero-order valence-corrected chi connectivity index (χ0v) is 15.1. The van der Waals surface area contributed by atoms with Crippen molar-refractivity contribution in [2.75, 3.05) is 19.6 Å². The standard InChI is InChI=1S/C19H21F3N2OS/c20-19(21,22)16-7-3-2-6-15(16)18(25)23-12-17(14-8-11-26-13-14)24-9-4-1-5-10-24/h2-3,6-8,11,13,17H,1,4-5,9-10,12H2,(H,23,25). The summed E-state index contributed by atoms with van der Waals surface area (Å²) in [6.07, 6.45) is -1.15. The molecule has 1 amide bonds. The van der Waals surface area contributed by atoms with E-state index in [2.05, 4.69) is 10.2 Å². The van der Waals surface area contributed by atoms with Gasteiger partial charge in [-0.1, -0.05) is 18.6 Å². The molecule has 1 aliphatic heterocycles. The Morgan fingerprint density at radius 1 is 1.15 bits per heavy atom. The molecule has 26 heavy (non-hydrogen) atoms. The molecular weight excluding hydrogens is 361 g/mol. The number of alkyl halides is 3. The molecule has 2 aromatic rings. The quantitative estimate of drug-likeness (QED) is 0.811. The summed E-state index contributed by atoms with van der Waals surface area (Å²) in [5.41, 5.74) is -0.133. The Hall–Kier alpha value is -1.86. The van der Waals surface area contributed by atoms with Crippen molar-refractivity contribution in [3.63, 3.8) is 0 Å². The lowest BCUT2D eigenvalue weighted by atomic mass is 10.0. The smallest absolute Gasteiger partial charge is 0.350 e. The van der Waals surface area contributed by atoms with Crippen LogP contribution in [0.4, 0.5) is 13.2 Å². The molecule has 1 atom stereocenters. The number of likely N-dealkylation sites (tertiary alicyclic amines) is 1. The summed E-state index contributed by atoms with van der Waals surface area (Å²) < 4.78 is 39.4. The van der Waals surface area contributed by atoms with Gasteiger partial charge in [0.1, 0.15) is 0 Å². The highest BCUT2D eigenvalue weighted by Crippen LogP contribution is 2.32. The fourth-order valence-electron chi connectivity index (χ4n) is 3.37. The molecule has 1 aromatic heterocycles. The molecule has 1 fully saturated rings. The van der Waals surface area contributed by atoms with E-state index in [1.807, 2.05) is 16.8 Å². The van der Waals surface area contributed by atoms with Crippen molar-refractivity contribution < 1.29 is 18.0 Å². The number of hydrogen-bond acceptors (Lipinski definition) is 3. The zero-order chi connectivity index (χ0) is 18.6. The summed E-state index contributed by atoms with van der Waals surface area (Å²) in [7, 11) is 0. The van der Waals surface area contributed by atoms with E-state index in [1.165, 1.54) is 24.6 Å². The molecule has 2 heterocycles. The lowest BCUT2D eigenvalue weighted by molar-refractivity contribution is -0.137. The summed E-state index contributed by atoms with van der Waals surface area (Å²) >= 11 is 1.58. The van der Waals surface area contributed by atoms with Crippen molar-refractivity contribution >= 4 is 17.2 Å². The van der Waals surface area contributed by atoms with Crippen LogP contribution in [-0.4, -0.2) is 30.4 Å². The molecule has 1 aromatic carbocycles. The highest BCUT2D eigenvalue weighted by Gasteiger charge is 2.35. The van der Waals surface area contributed by atoms with Gasteiger partial charge in [0.05, 0.1) is 17.2 Å². The average molecular weight is 382 g/mol. The fourth-order valence-corrected chi connectivity index (χ4v) is 4.07. The van der Waals surface area contributed by atoms with Gasteiger partial charge >= 0.3 is 6.18 Å². The number of piperidine rings is 1. The van der Waals surface area contributed by atoms with Crippen molar-refractivity contribution in [2.45, 2.75) is 31.5 Å². The molecule has 0 aliphatic carbocycles. The predicted molar refractivity (Wildman–Crippen MR) is 96.3 cm³/mol. The number of thiophene rings is 1. The zero-order valence-electron chi connectivity index (χ0n) is 14.3. The minimum Gasteiger partial charge on any atom is -0.350 e. The van der Waals surface area contributed by atoms with Gasteiger partial charge in [0.2, 0.25) is 0 Å². The topological polar surface area (TPSA) is 32.3 Å². The minimum absolute atomic E-state index is 0.0106. The van der Waals surface area contributed by atoms with Crippen LogP contribution in [0.3, 0.4) is 0 Å². The normalized spacial score (nSPS) is 17.0. The Bertz CT molecular complexity index is 725. The molecule has 140 valence electrons. The number of nitrogens with one attached hydrogen (secondary N) is 1. The summed E-state index contributed by atoms with van der Waals surface area (Å²) in [5.74, 6) is -0.685. The molecule has 1 aliphatic rings. The molecule has 0 spiro atoms. The number of carbonyl (C=O) groups is 1. The van der Waals surface area contributed by atoms with E-state index in [9.17, 15) is 18.0 Å². The molecule has 1 N–H and O–H groups in total. The largest absolute Gasteiger partial charge is 0.417 e. The van der Waals surface area contributed by atoms with Gasteiger partial charge in [-0.05, 0) is 60.5 Å². The van der Waals surface area contributed by atoms with Crippen LogP contribution < -0.4 is 5.32 Å². The number of halogens is 3. The Kier molecular flexibility index (Phi) is 5.98. The van der Waals surface area contributed by atoms with Gasteiger partial charge in [-0.15, -0.1) is 0 Å². The van der Waals surface area contributed by atoms with Gasteiger partial charge in [0, 0.05) is 6.54 Å². The Labute approximate surface area is 154 Å². The van der Waals surface area contributed by atoms with Crippen molar-refractivity contribution in [3.05, 3.63) is 57.8 Å². The van der Waals surface area contributed by atoms with E-state index in [-0.39, 0.29) is 11.6 Å². The molecule has 3 rings (SSSR count). The summed E-state index contributed by atoms with van der Waals surface area (Å²) in [6, 6.07) is 6.91. The third kappa shape index (κ3) is 4.45. The monoisotopic (exact) mass is 382 g/mol. The first-order valence-electron chi connectivity index (χ1n) is 8.67. The third-order valence-corrected chi connectivity index (χ3v) is 5.39. The van der Waals surface area contributed by atoms with E-state index < -0.39 is 17.6 Å². The van der Waals surface area contributed by atoms with Crippen LogP contribution in [0.1, 0.15) is 46.8 Å². The van der Waals surface area contributed by atoms with Crippen molar-refractivity contribution in [1.29, 1.82) is 0 Å². The van der Waals surface area contributed by atoms with Gasteiger partial charge in [0.15, 0.2) is 0 Å². The second-order valence-corrected chi connectivity index (χ2v) is 7.20. The highest BCUT2D eigenvalue weighted by molar-refractivity contribution is 7.07. The maximum Gasteiger partial charge on any atom is 0.417 e. The molecule has 7 heteroatoms. The van der Waals surface area contributed by atoms with Gasteiger partial charge < -0.3 is 5.32 Å². The van der Waals surface area contributed by atoms with Crippen molar-refractivity contribution in [3.8, 4) is 0 Å². The summed E-state index contributed by atoms with van der Waals surface area (Å²) in [6.45, 7) is 2.17. The van der Waals surface area contributed by atoms with E-state index in [0.29, 0.717) is 6.54 Å². The Morgan fingerprint density at radius 3 is 2.54 bits per heavy atom. The molecular formula is C19H21F3N2OS. The molecule has 0 bridgehead atoms. The van der Waals surface area contributed by atoms with Crippen LogP contribution in [0.25, 0.3) is 0 Å².